The Morgan fingerprint density at radius 1 is 1.41 bits per heavy atom. The van der Waals surface area contributed by atoms with Crippen molar-refractivity contribution in [1.82, 2.24) is 4.90 Å². The van der Waals surface area contributed by atoms with E-state index in [0.717, 1.165) is 25.7 Å². The van der Waals surface area contributed by atoms with Gasteiger partial charge in [-0.3, -0.25) is 0 Å². The number of benzene rings is 1. The Kier molecular flexibility index (Phi) is 5.48. The fourth-order valence-electron chi connectivity index (χ4n) is 4.59. The minimum absolute atomic E-state index is 0.106. The minimum atomic E-state index is -0.521. The average molecular weight is 370 g/mol. The Morgan fingerprint density at radius 2 is 2.19 bits per heavy atom. The second kappa shape index (κ2) is 7.52. The molecule has 1 amide bonds. The van der Waals surface area contributed by atoms with Crippen LogP contribution in [-0.4, -0.2) is 40.9 Å². The molecule has 1 N–H and O–H groups in total. The van der Waals surface area contributed by atoms with E-state index >= 15 is 0 Å². The van der Waals surface area contributed by atoms with Crippen LogP contribution in [0, 0.1) is 17.2 Å². The lowest BCUT2D eigenvalue weighted by Crippen LogP contribution is -2.44. The van der Waals surface area contributed by atoms with Crippen LogP contribution in [0.3, 0.4) is 0 Å². The standard InChI is InChI=1S/C22H30N2O3/c1-21(2,3)27-20(26)24(11-4-5-12-25)19-9-10-22(14-18(19)22)17-8-6-7-16(13-17)15-23/h6-8,13,18-19,25H,4-5,9-12,14H2,1-3H3/t18-,19-,22-/m1/s1. The number of hydrogen-bond donors (Lipinski definition) is 1. The molecule has 146 valence electrons. The van der Waals surface area contributed by atoms with Gasteiger partial charge in [-0.2, -0.15) is 5.26 Å². The third-order valence-corrected chi connectivity index (χ3v) is 5.89. The SMILES string of the molecule is CC(C)(C)OC(=O)N(CCCCO)[C@@H]1CC[C@]2(c3cccc(C#N)c3)C[C@H]12. The molecule has 0 saturated heterocycles. The van der Waals surface area contributed by atoms with Crippen molar-refractivity contribution in [2.45, 2.75) is 69.9 Å². The van der Waals surface area contributed by atoms with Crippen LogP contribution in [0.1, 0.15) is 64.0 Å². The summed E-state index contributed by atoms with van der Waals surface area (Å²) in [4.78, 5) is 14.7. The van der Waals surface area contributed by atoms with Gasteiger partial charge in [-0.25, -0.2) is 4.79 Å². The maximum atomic E-state index is 12.8. The summed E-state index contributed by atoms with van der Waals surface area (Å²) < 4.78 is 5.67. The van der Waals surface area contributed by atoms with E-state index in [1.165, 1.54) is 5.56 Å². The van der Waals surface area contributed by atoms with Crippen LogP contribution >= 0.6 is 0 Å². The summed E-state index contributed by atoms with van der Waals surface area (Å²) in [7, 11) is 0. The molecule has 1 aromatic carbocycles. The van der Waals surface area contributed by atoms with E-state index in [2.05, 4.69) is 12.1 Å². The van der Waals surface area contributed by atoms with Crippen LogP contribution in [0.25, 0.3) is 0 Å². The number of aliphatic hydroxyl groups excluding tert-OH is 1. The maximum absolute atomic E-state index is 12.8. The number of hydrogen-bond acceptors (Lipinski definition) is 4. The van der Waals surface area contributed by atoms with Gasteiger partial charge < -0.3 is 14.7 Å². The van der Waals surface area contributed by atoms with E-state index in [-0.39, 0.29) is 24.2 Å². The zero-order valence-electron chi connectivity index (χ0n) is 16.6. The zero-order chi connectivity index (χ0) is 19.7. The first-order valence-corrected chi connectivity index (χ1v) is 9.92. The summed E-state index contributed by atoms with van der Waals surface area (Å²) in [6, 6.07) is 10.3. The molecule has 0 spiro atoms. The summed E-state index contributed by atoms with van der Waals surface area (Å²) in [5.41, 5.74) is 1.51. The van der Waals surface area contributed by atoms with Gasteiger partial charge in [-0.1, -0.05) is 12.1 Å². The van der Waals surface area contributed by atoms with Crippen molar-refractivity contribution in [3.05, 3.63) is 35.4 Å². The van der Waals surface area contributed by atoms with Crippen LogP contribution in [0.5, 0.6) is 0 Å². The Bertz CT molecular complexity index is 734. The predicted molar refractivity (Wildman–Crippen MR) is 103 cm³/mol. The molecule has 0 aliphatic heterocycles. The summed E-state index contributed by atoms with van der Waals surface area (Å²) in [5.74, 6) is 0.424. The molecular formula is C22H30N2O3. The molecular weight excluding hydrogens is 340 g/mol. The van der Waals surface area contributed by atoms with E-state index in [1.807, 2.05) is 43.9 Å². The monoisotopic (exact) mass is 370 g/mol. The second-order valence-electron chi connectivity index (χ2n) is 8.87. The highest BCUT2D eigenvalue weighted by Crippen LogP contribution is 2.65. The summed E-state index contributed by atoms with van der Waals surface area (Å²) >= 11 is 0. The molecule has 2 aliphatic rings. The Morgan fingerprint density at radius 3 is 2.81 bits per heavy atom. The molecule has 0 aromatic heterocycles. The fourth-order valence-corrected chi connectivity index (χ4v) is 4.59. The maximum Gasteiger partial charge on any atom is 0.410 e. The average Bonchev–Trinajstić information content (AvgIpc) is 3.25. The molecule has 0 bridgehead atoms. The van der Waals surface area contributed by atoms with E-state index in [4.69, 9.17) is 9.84 Å². The lowest BCUT2D eigenvalue weighted by atomic mass is 9.92. The molecule has 5 heteroatoms. The van der Waals surface area contributed by atoms with Gasteiger partial charge in [0.2, 0.25) is 0 Å². The van der Waals surface area contributed by atoms with E-state index in [9.17, 15) is 10.1 Å². The smallest absolute Gasteiger partial charge is 0.410 e. The molecule has 1 aromatic rings. The summed E-state index contributed by atoms with van der Waals surface area (Å²) in [6.45, 7) is 6.42. The van der Waals surface area contributed by atoms with Crippen molar-refractivity contribution in [2.75, 3.05) is 13.2 Å². The van der Waals surface area contributed by atoms with Crippen LogP contribution in [0.2, 0.25) is 0 Å². The number of carbonyl (C=O) groups is 1. The first-order chi connectivity index (χ1) is 12.8. The zero-order valence-corrected chi connectivity index (χ0v) is 16.6. The molecule has 0 radical (unpaired) electrons. The van der Waals surface area contributed by atoms with Gasteiger partial charge in [-0.05, 0) is 76.5 Å². The highest BCUT2D eigenvalue weighted by Gasteiger charge is 2.64. The third kappa shape index (κ3) is 4.11. The van der Waals surface area contributed by atoms with Crippen molar-refractivity contribution in [3.63, 3.8) is 0 Å². The quantitative estimate of drug-likeness (QED) is 0.769. The molecule has 2 fully saturated rings. The number of nitriles is 1. The highest BCUT2D eigenvalue weighted by molar-refractivity contribution is 5.69. The summed E-state index contributed by atoms with van der Waals surface area (Å²) in [5, 5.41) is 18.3. The third-order valence-electron chi connectivity index (χ3n) is 5.89. The van der Waals surface area contributed by atoms with Gasteiger partial charge >= 0.3 is 6.09 Å². The topological polar surface area (TPSA) is 73.6 Å². The van der Waals surface area contributed by atoms with Crippen LogP contribution in [-0.2, 0) is 10.2 Å². The van der Waals surface area contributed by atoms with Crippen molar-refractivity contribution in [3.8, 4) is 6.07 Å². The number of ether oxygens (including phenoxy) is 1. The largest absolute Gasteiger partial charge is 0.444 e. The molecule has 0 unspecified atom stereocenters. The van der Waals surface area contributed by atoms with E-state index in [1.54, 1.807) is 0 Å². The summed E-state index contributed by atoms with van der Waals surface area (Å²) in [6.07, 6.45) is 4.27. The number of nitrogens with zero attached hydrogens (tertiary/aromatic N) is 2. The van der Waals surface area contributed by atoms with Gasteiger partial charge in [-0.15, -0.1) is 0 Å². The van der Waals surface area contributed by atoms with Crippen molar-refractivity contribution >= 4 is 6.09 Å². The fraction of sp³-hybridized carbons (Fsp3) is 0.636. The highest BCUT2D eigenvalue weighted by atomic mass is 16.6. The lowest BCUT2D eigenvalue weighted by molar-refractivity contribution is 0.0137. The van der Waals surface area contributed by atoms with Crippen LogP contribution in [0.15, 0.2) is 24.3 Å². The van der Waals surface area contributed by atoms with Crippen LogP contribution in [0.4, 0.5) is 4.79 Å². The molecule has 3 rings (SSSR count). The molecule has 27 heavy (non-hydrogen) atoms. The number of fused-ring (bicyclic) bond motifs is 1. The molecule has 2 saturated carbocycles. The predicted octanol–water partition coefficient (Wildman–Crippen LogP) is 3.99. The number of amides is 1. The minimum Gasteiger partial charge on any atom is -0.444 e. The Labute approximate surface area is 161 Å². The van der Waals surface area contributed by atoms with Crippen molar-refractivity contribution in [1.29, 1.82) is 5.26 Å². The van der Waals surface area contributed by atoms with Gasteiger partial charge in [0.15, 0.2) is 0 Å². The van der Waals surface area contributed by atoms with E-state index < -0.39 is 5.60 Å². The molecule has 5 nitrogen and oxygen atoms in total. The number of aliphatic hydroxyl groups is 1. The Hall–Kier alpha value is -2.06. The van der Waals surface area contributed by atoms with Gasteiger partial charge in [0.05, 0.1) is 11.6 Å². The van der Waals surface area contributed by atoms with Crippen LogP contribution < -0.4 is 0 Å². The van der Waals surface area contributed by atoms with Crippen molar-refractivity contribution < 1.29 is 14.6 Å². The Balaban J connectivity index is 1.76. The molecule has 0 heterocycles. The number of carbonyl (C=O) groups excluding carboxylic acids is 1. The van der Waals surface area contributed by atoms with Gasteiger partial charge in [0, 0.05) is 24.6 Å². The first-order valence-electron chi connectivity index (χ1n) is 9.92. The molecule has 2 aliphatic carbocycles. The lowest BCUT2D eigenvalue weighted by Gasteiger charge is -2.32. The second-order valence-corrected chi connectivity index (χ2v) is 8.87. The van der Waals surface area contributed by atoms with E-state index in [0.29, 0.717) is 24.4 Å². The van der Waals surface area contributed by atoms with Gasteiger partial charge in [0.25, 0.3) is 0 Å². The first kappa shape index (κ1) is 19.7. The van der Waals surface area contributed by atoms with Gasteiger partial charge in [0.1, 0.15) is 5.60 Å². The normalized spacial score (nSPS) is 26.2. The number of rotatable bonds is 6. The number of unbranched alkanes of at least 4 members (excludes halogenated alkanes) is 1. The molecule has 3 atom stereocenters. The van der Waals surface area contributed by atoms with Crippen molar-refractivity contribution in [2.24, 2.45) is 5.92 Å².